The quantitative estimate of drug-likeness (QED) is 0.712. The summed E-state index contributed by atoms with van der Waals surface area (Å²) >= 11 is 1.76. The van der Waals surface area contributed by atoms with Crippen molar-refractivity contribution in [1.29, 1.82) is 0 Å². The molecule has 2 aromatic carbocycles. The molecule has 0 aliphatic heterocycles. The molecule has 1 nitrogen and oxygen atoms in total. The second-order valence-corrected chi connectivity index (χ2v) is 6.40. The number of benzene rings is 2. The highest BCUT2D eigenvalue weighted by molar-refractivity contribution is 7.17. The molecular formula is C18H19NS. The standard InChI is InChI=1S/C18H19NS/c1-12(2)13-6-8-14(9-7-13)17(19)16-5-3-4-15-10-11-20-18(15)16/h3-12,17H,19H2,1-2H3. The number of nitrogens with two attached hydrogens (primary N) is 1. The number of thiophene rings is 1. The zero-order valence-corrected chi connectivity index (χ0v) is 12.7. The van der Waals surface area contributed by atoms with Crippen LogP contribution in [0.3, 0.4) is 0 Å². The maximum Gasteiger partial charge on any atom is 0.0565 e. The molecule has 0 aliphatic carbocycles. The normalized spacial score (nSPS) is 13.0. The van der Waals surface area contributed by atoms with Crippen molar-refractivity contribution in [1.82, 2.24) is 0 Å². The summed E-state index contributed by atoms with van der Waals surface area (Å²) in [4.78, 5) is 0. The van der Waals surface area contributed by atoms with E-state index in [-0.39, 0.29) is 6.04 Å². The van der Waals surface area contributed by atoms with Gasteiger partial charge in [0.05, 0.1) is 6.04 Å². The summed E-state index contributed by atoms with van der Waals surface area (Å²) in [7, 11) is 0. The summed E-state index contributed by atoms with van der Waals surface area (Å²) in [6.07, 6.45) is 0. The Bertz CT molecular complexity index is 710. The van der Waals surface area contributed by atoms with E-state index in [0.717, 1.165) is 0 Å². The lowest BCUT2D eigenvalue weighted by molar-refractivity contribution is 0.851. The maximum atomic E-state index is 6.47. The molecule has 1 aromatic heterocycles. The molecule has 1 unspecified atom stereocenters. The van der Waals surface area contributed by atoms with Gasteiger partial charge in [0, 0.05) is 4.70 Å². The molecule has 0 saturated heterocycles. The first-order valence-corrected chi connectivity index (χ1v) is 7.86. The second-order valence-electron chi connectivity index (χ2n) is 5.49. The molecule has 20 heavy (non-hydrogen) atoms. The predicted molar refractivity (Wildman–Crippen MR) is 88.4 cm³/mol. The fourth-order valence-electron chi connectivity index (χ4n) is 2.53. The molecule has 0 bridgehead atoms. The summed E-state index contributed by atoms with van der Waals surface area (Å²) in [6, 6.07) is 17.2. The molecule has 102 valence electrons. The predicted octanol–water partition coefficient (Wildman–Crippen LogP) is 5.07. The van der Waals surface area contributed by atoms with Crippen LogP contribution in [0.1, 0.15) is 42.5 Å². The van der Waals surface area contributed by atoms with Crippen LogP contribution in [-0.4, -0.2) is 0 Å². The van der Waals surface area contributed by atoms with Crippen molar-refractivity contribution in [2.45, 2.75) is 25.8 Å². The summed E-state index contributed by atoms with van der Waals surface area (Å²) in [6.45, 7) is 4.42. The fraction of sp³-hybridized carbons (Fsp3) is 0.222. The first kappa shape index (κ1) is 13.3. The van der Waals surface area contributed by atoms with Gasteiger partial charge in [-0.2, -0.15) is 0 Å². The molecular weight excluding hydrogens is 262 g/mol. The molecule has 0 aliphatic rings. The van der Waals surface area contributed by atoms with Crippen LogP contribution in [0.15, 0.2) is 53.9 Å². The summed E-state index contributed by atoms with van der Waals surface area (Å²) in [5.41, 5.74) is 10.2. The molecule has 0 amide bonds. The first-order chi connectivity index (χ1) is 9.66. The van der Waals surface area contributed by atoms with E-state index in [4.69, 9.17) is 5.73 Å². The SMILES string of the molecule is CC(C)c1ccc(C(N)c2cccc3ccsc23)cc1. The van der Waals surface area contributed by atoms with Crippen LogP contribution in [0.5, 0.6) is 0 Å². The Balaban J connectivity index is 1.99. The minimum Gasteiger partial charge on any atom is -0.320 e. The van der Waals surface area contributed by atoms with Crippen LogP contribution in [0.2, 0.25) is 0 Å². The lowest BCUT2D eigenvalue weighted by Crippen LogP contribution is -2.11. The van der Waals surface area contributed by atoms with E-state index >= 15 is 0 Å². The lowest BCUT2D eigenvalue weighted by Gasteiger charge is -2.15. The van der Waals surface area contributed by atoms with Crippen LogP contribution < -0.4 is 5.73 Å². The van der Waals surface area contributed by atoms with Crippen molar-refractivity contribution in [3.63, 3.8) is 0 Å². The summed E-state index contributed by atoms with van der Waals surface area (Å²) in [5, 5.41) is 3.41. The van der Waals surface area contributed by atoms with Gasteiger partial charge in [-0.05, 0) is 39.4 Å². The van der Waals surface area contributed by atoms with Crippen LogP contribution in [-0.2, 0) is 0 Å². The molecule has 0 radical (unpaired) electrons. The number of rotatable bonds is 3. The van der Waals surface area contributed by atoms with Crippen LogP contribution in [0, 0.1) is 0 Å². The van der Waals surface area contributed by atoms with Gasteiger partial charge in [-0.15, -0.1) is 11.3 Å². The van der Waals surface area contributed by atoms with E-state index in [1.807, 2.05) is 0 Å². The van der Waals surface area contributed by atoms with Gasteiger partial charge in [0.25, 0.3) is 0 Å². The number of fused-ring (bicyclic) bond motifs is 1. The lowest BCUT2D eigenvalue weighted by atomic mass is 9.95. The second kappa shape index (κ2) is 5.39. The van der Waals surface area contributed by atoms with Gasteiger partial charge >= 0.3 is 0 Å². The highest BCUT2D eigenvalue weighted by Gasteiger charge is 2.13. The molecule has 1 atom stereocenters. The minimum atomic E-state index is -0.0569. The Hall–Kier alpha value is -1.64. The van der Waals surface area contributed by atoms with Crippen molar-refractivity contribution in [2.75, 3.05) is 0 Å². The Morgan fingerprint density at radius 2 is 1.60 bits per heavy atom. The third kappa shape index (κ3) is 2.37. The summed E-state index contributed by atoms with van der Waals surface area (Å²) < 4.78 is 1.30. The zero-order chi connectivity index (χ0) is 14.1. The van der Waals surface area contributed by atoms with Crippen molar-refractivity contribution in [3.05, 3.63) is 70.6 Å². The Morgan fingerprint density at radius 3 is 2.30 bits per heavy atom. The van der Waals surface area contributed by atoms with E-state index in [9.17, 15) is 0 Å². The van der Waals surface area contributed by atoms with Gasteiger partial charge in [0.15, 0.2) is 0 Å². The van der Waals surface area contributed by atoms with E-state index < -0.39 is 0 Å². The first-order valence-electron chi connectivity index (χ1n) is 6.98. The molecule has 2 heteroatoms. The zero-order valence-electron chi connectivity index (χ0n) is 11.8. The largest absolute Gasteiger partial charge is 0.320 e. The van der Waals surface area contributed by atoms with E-state index in [0.29, 0.717) is 5.92 Å². The van der Waals surface area contributed by atoms with Crippen molar-refractivity contribution >= 4 is 21.4 Å². The van der Waals surface area contributed by atoms with E-state index in [2.05, 4.69) is 67.8 Å². The Kier molecular flexibility index (Phi) is 3.60. The molecule has 0 spiro atoms. The molecule has 1 heterocycles. The smallest absolute Gasteiger partial charge is 0.0565 e. The van der Waals surface area contributed by atoms with E-state index in [1.165, 1.54) is 26.8 Å². The topological polar surface area (TPSA) is 26.0 Å². The minimum absolute atomic E-state index is 0.0569. The number of hydrogen-bond acceptors (Lipinski definition) is 2. The van der Waals surface area contributed by atoms with Crippen molar-refractivity contribution in [2.24, 2.45) is 5.73 Å². The van der Waals surface area contributed by atoms with E-state index in [1.54, 1.807) is 11.3 Å². The summed E-state index contributed by atoms with van der Waals surface area (Å²) in [5.74, 6) is 0.556. The van der Waals surface area contributed by atoms with Crippen LogP contribution >= 0.6 is 11.3 Å². The molecule has 3 aromatic rings. The van der Waals surface area contributed by atoms with Gasteiger partial charge in [-0.3, -0.25) is 0 Å². The average molecular weight is 281 g/mol. The average Bonchev–Trinajstić information content (AvgIpc) is 2.95. The number of hydrogen-bond donors (Lipinski definition) is 1. The maximum absolute atomic E-state index is 6.47. The monoisotopic (exact) mass is 281 g/mol. The Labute approximate surface area is 124 Å². The molecule has 0 saturated carbocycles. The molecule has 3 rings (SSSR count). The van der Waals surface area contributed by atoms with Crippen LogP contribution in [0.4, 0.5) is 0 Å². The molecule has 2 N–H and O–H groups in total. The van der Waals surface area contributed by atoms with Gasteiger partial charge in [-0.25, -0.2) is 0 Å². The van der Waals surface area contributed by atoms with Crippen molar-refractivity contribution in [3.8, 4) is 0 Å². The highest BCUT2D eigenvalue weighted by Crippen LogP contribution is 2.31. The Morgan fingerprint density at radius 1 is 0.900 bits per heavy atom. The van der Waals surface area contributed by atoms with Gasteiger partial charge < -0.3 is 5.73 Å². The van der Waals surface area contributed by atoms with Crippen LogP contribution in [0.25, 0.3) is 10.1 Å². The van der Waals surface area contributed by atoms with Gasteiger partial charge in [0.1, 0.15) is 0 Å². The van der Waals surface area contributed by atoms with Gasteiger partial charge in [0.2, 0.25) is 0 Å². The third-order valence-electron chi connectivity index (χ3n) is 3.81. The fourth-order valence-corrected chi connectivity index (χ4v) is 3.48. The third-order valence-corrected chi connectivity index (χ3v) is 4.79. The molecule has 0 fully saturated rings. The van der Waals surface area contributed by atoms with Crippen molar-refractivity contribution < 1.29 is 0 Å². The highest BCUT2D eigenvalue weighted by atomic mass is 32.1. The van der Waals surface area contributed by atoms with Gasteiger partial charge in [-0.1, -0.05) is 56.3 Å².